The summed E-state index contributed by atoms with van der Waals surface area (Å²) in [7, 11) is 2.12. The maximum Gasteiger partial charge on any atom is 0.0982 e. The highest BCUT2D eigenvalue weighted by molar-refractivity contribution is 7.97. The Kier molecular flexibility index (Phi) is 7.17. The number of hydrogen-bond acceptors (Lipinski definition) is 4. The molecule has 1 aliphatic heterocycles. The summed E-state index contributed by atoms with van der Waals surface area (Å²) < 4.78 is 2.03. The number of nitrogens with zero attached hydrogens (tertiary/aromatic N) is 2. The maximum atomic E-state index is 6.15. The smallest absolute Gasteiger partial charge is 0.0982 e. The molecule has 0 bridgehead atoms. The summed E-state index contributed by atoms with van der Waals surface area (Å²) in [6.45, 7) is 6.48. The van der Waals surface area contributed by atoms with Gasteiger partial charge in [0.05, 0.1) is 12.6 Å². The van der Waals surface area contributed by atoms with Gasteiger partial charge in [-0.2, -0.15) is 0 Å². The fourth-order valence-corrected chi connectivity index (χ4v) is 4.26. The van der Waals surface area contributed by atoms with Crippen molar-refractivity contribution in [2.24, 2.45) is 0 Å². The molecule has 0 aliphatic carbocycles. The molecule has 0 N–H and O–H groups in total. The van der Waals surface area contributed by atoms with Gasteiger partial charge in [-0.25, -0.2) is 0 Å². The SMILES string of the molecule is C=CCN(C)CCCCON1Sc2ccccc2C1c1ccc(Cl)cc1. The second-order valence-electron chi connectivity index (χ2n) is 6.46. The highest BCUT2D eigenvalue weighted by Crippen LogP contribution is 2.47. The lowest BCUT2D eigenvalue weighted by molar-refractivity contribution is -0.0932. The lowest BCUT2D eigenvalue weighted by Gasteiger charge is -2.23. The van der Waals surface area contributed by atoms with Gasteiger partial charge in [-0.05, 0) is 67.7 Å². The van der Waals surface area contributed by atoms with E-state index in [0.29, 0.717) is 6.61 Å². The summed E-state index contributed by atoms with van der Waals surface area (Å²) in [4.78, 5) is 9.67. The van der Waals surface area contributed by atoms with Crippen molar-refractivity contribution in [3.63, 3.8) is 0 Å². The first kappa shape index (κ1) is 19.5. The van der Waals surface area contributed by atoms with Crippen LogP contribution >= 0.6 is 23.5 Å². The molecule has 0 fully saturated rings. The maximum absolute atomic E-state index is 6.15. The first-order valence-corrected chi connectivity index (χ1v) is 10.1. The van der Waals surface area contributed by atoms with Crippen molar-refractivity contribution in [1.82, 2.24) is 9.37 Å². The van der Waals surface area contributed by atoms with Crippen molar-refractivity contribution in [2.45, 2.75) is 23.8 Å². The van der Waals surface area contributed by atoms with Gasteiger partial charge in [-0.3, -0.25) is 4.84 Å². The quantitative estimate of drug-likeness (QED) is 0.316. The highest BCUT2D eigenvalue weighted by Gasteiger charge is 2.33. The Hall–Kier alpha value is -1.30. The van der Waals surface area contributed by atoms with Crippen LogP contribution in [0.2, 0.25) is 5.02 Å². The Balaban J connectivity index is 1.61. The van der Waals surface area contributed by atoms with Crippen molar-refractivity contribution < 1.29 is 4.84 Å². The van der Waals surface area contributed by atoms with Crippen molar-refractivity contribution in [3.05, 3.63) is 77.3 Å². The molecule has 26 heavy (non-hydrogen) atoms. The molecule has 2 aromatic carbocycles. The number of benzene rings is 2. The molecule has 1 aliphatic rings. The van der Waals surface area contributed by atoms with Gasteiger partial charge in [-0.15, -0.1) is 11.0 Å². The number of hydrogen-bond donors (Lipinski definition) is 0. The van der Waals surface area contributed by atoms with E-state index in [1.807, 2.05) is 22.7 Å². The average molecular weight is 389 g/mol. The summed E-state index contributed by atoms with van der Waals surface area (Å²) in [5.41, 5.74) is 2.48. The molecule has 2 aromatic rings. The normalized spacial score (nSPS) is 16.8. The molecule has 0 radical (unpaired) electrons. The Labute approximate surface area is 165 Å². The molecule has 138 valence electrons. The van der Waals surface area contributed by atoms with Crippen LogP contribution in [0.15, 0.2) is 66.1 Å². The van der Waals surface area contributed by atoms with Crippen LogP contribution in [0, 0.1) is 0 Å². The molecule has 3 rings (SSSR count). The van der Waals surface area contributed by atoms with Crippen molar-refractivity contribution in [2.75, 3.05) is 26.7 Å². The molecular weight excluding hydrogens is 364 g/mol. The third-order valence-electron chi connectivity index (χ3n) is 4.39. The highest BCUT2D eigenvalue weighted by atomic mass is 35.5. The van der Waals surface area contributed by atoms with E-state index in [4.69, 9.17) is 16.4 Å². The van der Waals surface area contributed by atoms with Gasteiger partial charge in [0.25, 0.3) is 0 Å². The molecule has 1 atom stereocenters. The van der Waals surface area contributed by atoms with E-state index < -0.39 is 0 Å². The predicted molar refractivity (Wildman–Crippen MR) is 110 cm³/mol. The molecule has 1 heterocycles. The Bertz CT molecular complexity index is 722. The second kappa shape index (κ2) is 9.58. The lowest BCUT2D eigenvalue weighted by atomic mass is 10.00. The molecule has 3 nitrogen and oxygen atoms in total. The van der Waals surface area contributed by atoms with Crippen LogP contribution in [0.5, 0.6) is 0 Å². The largest absolute Gasteiger partial charge is 0.303 e. The number of likely N-dealkylation sites (N-methyl/N-ethyl adjacent to an activating group) is 1. The molecule has 0 spiro atoms. The van der Waals surface area contributed by atoms with Crippen LogP contribution in [-0.4, -0.2) is 36.1 Å². The number of halogens is 1. The summed E-state index contributed by atoms with van der Waals surface area (Å²) in [6, 6.07) is 16.6. The summed E-state index contributed by atoms with van der Waals surface area (Å²) in [5, 5.41) is 0.754. The third kappa shape index (κ3) is 4.90. The number of hydroxylamine groups is 1. The fraction of sp³-hybridized carbons (Fsp3) is 0.333. The van der Waals surface area contributed by atoms with E-state index in [2.05, 4.69) is 54.9 Å². The van der Waals surface area contributed by atoms with Gasteiger partial charge in [0, 0.05) is 16.5 Å². The van der Waals surface area contributed by atoms with Crippen molar-refractivity contribution in [1.29, 1.82) is 0 Å². The molecule has 0 amide bonds. The van der Waals surface area contributed by atoms with Gasteiger partial charge in [0.1, 0.15) is 0 Å². The molecule has 0 saturated carbocycles. The first-order valence-electron chi connectivity index (χ1n) is 8.93. The molecule has 0 saturated heterocycles. The van der Waals surface area contributed by atoms with Crippen LogP contribution < -0.4 is 0 Å². The number of rotatable bonds is 9. The van der Waals surface area contributed by atoms with E-state index >= 15 is 0 Å². The Morgan fingerprint density at radius 2 is 1.96 bits per heavy atom. The molecule has 5 heteroatoms. The molecule has 0 aromatic heterocycles. The standard InChI is InChI=1S/C21H25ClN2OS/c1-3-14-23(2)15-6-7-16-25-24-21(17-10-12-18(22)13-11-17)19-8-4-5-9-20(19)26-24/h3-5,8-13,21H,1,6-7,14-16H2,2H3. The minimum absolute atomic E-state index is 0.0944. The van der Waals surface area contributed by atoms with Gasteiger partial charge in [-0.1, -0.05) is 48.0 Å². The van der Waals surface area contributed by atoms with E-state index in [1.165, 1.54) is 16.0 Å². The van der Waals surface area contributed by atoms with Gasteiger partial charge >= 0.3 is 0 Å². The van der Waals surface area contributed by atoms with Gasteiger partial charge < -0.3 is 4.90 Å². The third-order valence-corrected chi connectivity index (χ3v) is 5.71. The van der Waals surface area contributed by atoms with E-state index in [0.717, 1.165) is 31.0 Å². The van der Waals surface area contributed by atoms with Crippen LogP contribution in [0.1, 0.15) is 30.0 Å². The van der Waals surface area contributed by atoms with Crippen LogP contribution in [0.3, 0.4) is 0 Å². The Morgan fingerprint density at radius 1 is 1.19 bits per heavy atom. The Morgan fingerprint density at radius 3 is 2.73 bits per heavy atom. The summed E-state index contributed by atoms with van der Waals surface area (Å²) >= 11 is 7.73. The van der Waals surface area contributed by atoms with E-state index in [9.17, 15) is 0 Å². The van der Waals surface area contributed by atoms with E-state index in [-0.39, 0.29) is 6.04 Å². The van der Waals surface area contributed by atoms with Crippen molar-refractivity contribution in [3.8, 4) is 0 Å². The van der Waals surface area contributed by atoms with Crippen molar-refractivity contribution >= 4 is 23.5 Å². The first-order chi connectivity index (χ1) is 12.7. The minimum atomic E-state index is 0.0944. The van der Waals surface area contributed by atoms with Crippen LogP contribution in [-0.2, 0) is 4.84 Å². The van der Waals surface area contributed by atoms with Gasteiger partial charge in [0.15, 0.2) is 0 Å². The predicted octanol–water partition coefficient (Wildman–Crippen LogP) is 5.58. The zero-order chi connectivity index (χ0) is 18.4. The topological polar surface area (TPSA) is 15.7 Å². The second-order valence-corrected chi connectivity index (χ2v) is 7.88. The molecular formula is C21H25ClN2OS. The summed E-state index contributed by atoms with van der Waals surface area (Å²) in [5.74, 6) is 0. The van der Waals surface area contributed by atoms with Crippen LogP contribution in [0.25, 0.3) is 0 Å². The van der Waals surface area contributed by atoms with E-state index in [1.54, 1.807) is 11.9 Å². The minimum Gasteiger partial charge on any atom is -0.303 e. The number of fused-ring (bicyclic) bond motifs is 1. The average Bonchev–Trinajstić information content (AvgIpc) is 3.01. The zero-order valence-corrected chi connectivity index (χ0v) is 16.7. The molecule has 1 unspecified atom stereocenters. The monoisotopic (exact) mass is 388 g/mol. The summed E-state index contributed by atoms with van der Waals surface area (Å²) in [6.07, 6.45) is 4.08. The number of unbranched alkanes of at least 4 members (excludes halogenated alkanes) is 1. The zero-order valence-electron chi connectivity index (χ0n) is 15.1. The van der Waals surface area contributed by atoms with Gasteiger partial charge in [0.2, 0.25) is 0 Å². The lowest BCUT2D eigenvalue weighted by Crippen LogP contribution is -2.22. The van der Waals surface area contributed by atoms with Crippen LogP contribution in [0.4, 0.5) is 0 Å². The fourth-order valence-electron chi connectivity index (χ4n) is 3.05.